The highest BCUT2D eigenvalue weighted by Gasteiger charge is 2.41. The van der Waals surface area contributed by atoms with Crippen molar-refractivity contribution in [2.75, 3.05) is 0 Å². The maximum Gasteiger partial charge on any atom is 0.511 e. The molecule has 3 rings (SSSR count). The van der Waals surface area contributed by atoms with E-state index < -0.39 is 6.16 Å². The van der Waals surface area contributed by atoms with Gasteiger partial charge in [-0.25, -0.2) is 4.79 Å². The summed E-state index contributed by atoms with van der Waals surface area (Å²) < 4.78 is 12.3. The molecule has 0 fully saturated rings. The number of ketones is 1. The second-order valence-electron chi connectivity index (χ2n) is 18.7. The third-order valence-corrected chi connectivity index (χ3v) is 12.9. The second-order valence-corrected chi connectivity index (χ2v) is 18.7. The van der Waals surface area contributed by atoms with Crippen LogP contribution in [0.25, 0.3) is 0 Å². The average molecular weight is 757 g/mol. The Morgan fingerprint density at radius 3 is 2.09 bits per heavy atom. The number of benzene rings is 1. The minimum absolute atomic E-state index is 0.0125. The summed E-state index contributed by atoms with van der Waals surface area (Å²) in [5.74, 6) is 4.21. The van der Waals surface area contributed by atoms with Gasteiger partial charge in [0.15, 0.2) is 5.78 Å². The third kappa shape index (κ3) is 13.4. The van der Waals surface area contributed by atoms with Crippen LogP contribution in [-0.2, 0) is 11.2 Å². The highest BCUT2D eigenvalue weighted by Crippen LogP contribution is 2.47. The van der Waals surface area contributed by atoms with Crippen LogP contribution in [-0.4, -0.2) is 22.6 Å². The Labute approximate surface area is 335 Å². The van der Waals surface area contributed by atoms with Crippen molar-refractivity contribution in [2.24, 2.45) is 29.1 Å². The Morgan fingerprint density at radius 1 is 0.818 bits per heavy atom. The number of Topliss-reactive ketones (excluding diaryl/α,β-unsaturated/α-hetero) is 1. The van der Waals surface area contributed by atoms with Crippen molar-refractivity contribution in [3.05, 3.63) is 81.0 Å². The molecule has 1 unspecified atom stereocenters. The Bertz CT molecular complexity index is 1650. The summed E-state index contributed by atoms with van der Waals surface area (Å²) in [7, 11) is 0. The lowest BCUT2D eigenvalue weighted by atomic mass is 9.72. The molecule has 1 aliphatic carbocycles. The lowest BCUT2D eigenvalue weighted by Gasteiger charge is -2.43. The molecular formula is C50H76O5. The normalized spacial score (nSPS) is 20.9. The maximum atomic E-state index is 12.4. The molecule has 2 aliphatic rings. The van der Waals surface area contributed by atoms with Gasteiger partial charge in [-0.1, -0.05) is 134 Å². The molecule has 1 aromatic rings. The van der Waals surface area contributed by atoms with Crippen LogP contribution in [0.3, 0.4) is 0 Å². The predicted molar refractivity (Wildman–Crippen MR) is 231 cm³/mol. The van der Waals surface area contributed by atoms with Crippen LogP contribution in [0.1, 0.15) is 169 Å². The Morgan fingerprint density at radius 2 is 1.45 bits per heavy atom. The highest BCUT2D eigenvalue weighted by atomic mass is 16.7. The van der Waals surface area contributed by atoms with Gasteiger partial charge in [0.05, 0.1) is 0 Å². The number of rotatable bonds is 19. The van der Waals surface area contributed by atoms with Gasteiger partial charge in [0.2, 0.25) is 0 Å². The molecule has 0 aromatic heterocycles. The molecule has 4 atom stereocenters. The summed E-state index contributed by atoms with van der Waals surface area (Å²) in [5, 5.41) is 9.41. The minimum Gasteiger partial charge on any atom is -0.487 e. The molecule has 1 N–H and O–H groups in total. The molecular weight excluding hydrogens is 681 g/mol. The monoisotopic (exact) mass is 757 g/mol. The number of hydrogen-bond acceptors (Lipinski definition) is 4. The van der Waals surface area contributed by atoms with Crippen LogP contribution in [0, 0.1) is 49.9 Å². The van der Waals surface area contributed by atoms with E-state index in [9.17, 15) is 14.7 Å². The van der Waals surface area contributed by atoms with Gasteiger partial charge in [0, 0.05) is 17.9 Å². The first kappa shape index (κ1) is 46.0. The Balaban J connectivity index is 1.77. The van der Waals surface area contributed by atoms with E-state index >= 15 is 0 Å². The van der Waals surface area contributed by atoms with Crippen molar-refractivity contribution in [1.29, 1.82) is 0 Å². The lowest BCUT2D eigenvalue weighted by Crippen LogP contribution is -2.44. The van der Waals surface area contributed by atoms with Gasteiger partial charge in [-0.2, -0.15) is 0 Å². The van der Waals surface area contributed by atoms with E-state index in [1.807, 2.05) is 27.7 Å². The van der Waals surface area contributed by atoms with Gasteiger partial charge in [-0.3, -0.25) is 4.79 Å². The molecule has 5 heteroatoms. The van der Waals surface area contributed by atoms with Crippen molar-refractivity contribution >= 4 is 11.9 Å². The number of carbonyl (C=O) groups is 2. The van der Waals surface area contributed by atoms with E-state index in [-0.39, 0.29) is 16.8 Å². The smallest absolute Gasteiger partial charge is 0.487 e. The molecule has 55 heavy (non-hydrogen) atoms. The van der Waals surface area contributed by atoms with E-state index in [0.29, 0.717) is 24.0 Å². The lowest BCUT2D eigenvalue weighted by molar-refractivity contribution is -0.116. The molecule has 0 spiro atoms. The number of allylic oxidation sites excluding steroid dienone is 10. The van der Waals surface area contributed by atoms with Crippen molar-refractivity contribution < 1.29 is 24.2 Å². The summed E-state index contributed by atoms with van der Waals surface area (Å²) in [6.45, 7) is 28.4. The topological polar surface area (TPSA) is 72.8 Å². The van der Waals surface area contributed by atoms with Crippen LogP contribution >= 0.6 is 0 Å². The van der Waals surface area contributed by atoms with E-state index in [4.69, 9.17) is 9.47 Å². The molecule has 5 nitrogen and oxygen atoms in total. The Hall–Kier alpha value is -3.34. The van der Waals surface area contributed by atoms with Gasteiger partial charge in [-0.05, 0) is 132 Å². The number of carboxylic acid groups (broad SMARTS) is 1. The minimum atomic E-state index is -1.28. The van der Waals surface area contributed by atoms with Crippen LogP contribution in [0.4, 0.5) is 4.79 Å². The zero-order valence-electron chi connectivity index (χ0n) is 37.0. The van der Waals surface area contributed by atoms with E-state index in [0.717, 1.165) is 88.7 Å². The van der Waals surface area contributed by atoms with Gasteiger partial charge < -0.3 is 14.6 Å². The standard InChI is InChI=1S/C50H76O5/c1-33(2)17-14-18-34(3)19-15-20-35(4)23-26-42(50(13)32-29-43-40(9)46(54-48(52)53)38(7)39(8)47(43)55-50)27-24-36(5)21-16-22-37(6)25-28-44-41(10)45(51)30-31-49(44,11)12/h16,21-22,24-25,28,33-35,42H,14-15,17-20,23,26-27,29-32H2,1-13H3,(H,52,53)/t34-,35-,42?,50+/m1/s1. The van der Waals surface area contributed by atoms with E-state index in [1.54, 1.807) is 0 Å². The summed E-state index contributed by atoms with van der Waals surface area (Å²) in [6, 6.07) is 0. The number of carbonyl (C=O) groups excluding carboxylic acids is 1. The molecule has 0 bridgehead atoms. The average Bonchev–Trinajstić information content (AvgIpc) is 3.10. The van der Waals surface area contributed by atoms with Crippen LogP contribution in [0.15, 0.2) is 58.7 Å². The van der Waals surface area contributed by atoms with Gasteiger partial charge in [0.1, 0.15) is 17.1 Å². The van der Waals surface area contributed by atoms with E-state index in [1.165, 1.54) is 50.5 Å². The predicted octanol–water partition coefficient (Wildman–Crippen LogP) is 14.5. The quantitative estimate of drug-likeness (QED) is 0.0864. The maximum absolute atomic E-state index is 12.4. The summed E-state index contributed by atoms with van der Waals surface area (Å²) >= 11 is 0. The zero-order valence-corrected chi connectivity index (χ0v) is 37.0. The van der Waals surface area contributed by atoms with Crippen molar-refractivity contribution in [3.63, 3.8) is 0 Å². The number of hydrogen-bond donors (Lipinski definition) is 1. The molecule has 1 aromatic carbocycles. The largest absolute Gasteiger partial charge is 0.511 e. The fourth-order valence-corrected chi connectivity index (χ4v) is 8.69. The number of ether oxygens (including phenoxy) is 2. The molecule has 0 amide bonds. The van der Waals surface area contributed by atoms with E-state index in [2.05, 4.69) is 98.8 Å². The molecule has 1 heterocycles. The van der Waals surface area contributed by atoms with Gasteiger partial charge in [0.25, 0.3) is 0 Å². The molecule has 306 valence electrons. The summed E-state index contributed by atoms with van der Waals surface area (Å²) in [6.07, 6.45) is 26.2. The van der Waals surface area contributed by atoms with Crippen LogP contribution in [0.2, 0.25) is 0 Å². The van der Waals surface area contributed by atoms with Crippen LogP contribution < -0.4 is 9.47 Å². The van der Waals surface area contributed by atoms with Crippen LogP contribution in [0.5, 0.6) is 11.5 Å². The Kier molecular flexibility index (Phi) is 17.3. The summed E-state index contributed by atoms with van der Waals surface area (Å²) in [4.78, 5) is 23.9. The van der Waals surface area contributed by atoms with Crippen molar-refractivity contribution in [2.45, 2.75) is 179 Å². The third-order valence-electron chi connectivity index (χ3n) is 12.9. The zero-order chi connectivity index (χ0) is 41.1. The van der Waals surface area contributed by atoms with Crippen molar-refractivity contribution in [3.8, 4) is 11.5 Å². The fraction of sp³-hybridized carbons (Fsp3) is 0.640. The molecule has 1 aliphatic heterocycles. The van der Waals surface area contributed by atoms with Gasteiger partial charge >= 0.3 is 6.16 Å². The molecule has 0 saturated heterocycles. The second kappa shape index (κ2) is 20.7. The first-order chi connectivity index (χ1) is 25.8. The SMILES string of the molecule is CC(C=CC1=C(C)C(=O)CCC1(C)C)=CC=CC(C)=CCC(CC[C@H](C)CCC[C@H](C)CCCC(C)C)[C@]1(C)CCc2c(C)c(OC(=O)O)c(C)c(C)c2O1. The highest BCUT2D eigenvalue weighted by molar-refractivity contribution is 5.97. The number of fused-ring (bicyclic) bond motifs is 1. The fourth-order valence-electron chi connectivity index (χ4n) is 8.69. The first-order valence-corrected chi connectivity index (χ1v) is 21.4. The van der Waals surface area contributed by atoms with Crippen molar-refractivity contribution in [1.82, 2.24) is 0 Å². The molecule has 0 radical (unpaired) electrons. The van der Waals surface area contributed by atoms with Gasteiger partial charge in [-0.15, -0.1) is 0 Å². The summed E-state index contributed by atoms with van der Waals surface area (Å²) in [5.41, 5.74) is 7.83. The molecule has 0 saturated carbocycles. The first-order valence-electron chi connectivity index (χ1n) is 21.4.